The highest BCUT2D eigenvalue weighted by molar-refractivity contribution is 5.85. The van der Waals surface area contributed by atoms with E-state index in [9.17, 15) is 4.79 Å². The summed E-state index contributed by atoms with van der Waals surface area (Å²) in [7, 11) is 0. The van der Waals surface area contributed by atoms with Crippen LogP contribution in [0.5, 0.6) is 0 Å². The second-order valence-corrected chi connectivity index (χ2v) is 5.34. The summed E-state index contributed by atoms with van der Waals surface area (Å²) in [5.41, 5.74) is 0.731. The van der Waals surface area contributed by atoms with Gasteiger partial charge in [-0.15, -0.1) is 5.10 Å². The summed E-state index contributed by atoms with van der Waals surface area (Å²) in [6.45, 7) is 4.48. The SMILES string of the molecule is Cc1ccc(N2CCC[C@@]3(CCNC3=O)C2)nn1. The van der Waals surface area contributed by atoms with Gasteiger partial charge in [0.1, 0.15) is 0 Å². The van der Waals surface area contributed by atoms with Crippen LogP contribution in [0.1, 0.15) is 25.0 Å². The third-order valence-corrected chi connectivity index (χ3v) is 4.06. The molecule has 3 rings (SSSR count). The molecule has 1 aromatic heterocycles. The number of hydrogen-bond acceptors (Lipinski definition) is 4. The third-order valence-electron chi connectivity index (χ3n) is 4.06. The Morgan fingerprint density at radius 1 is 1.33 bits per heavy atom. The molecule has 0 radical (unpaired) electrons. The van der Waals surface area contributed by atoms with Gasteiger partial charge in [0.2, 0.25) is 5.91 Å². The van der Waals surface area contributed by atoms with Gasteiger partial charge in [-0.2, -0.15) is 5.10 Å². The minimum absolute atomic E-state index is 0.190. The van der Waals surface area contributed by atoms with E-state index in [0.717, 1.165) is 50.4 Å². The lowest BCUT2D eigenvalue weighted by atomic mass is 9.78. The second-order valence-electron chi connectivity index (χ2n) is 5.34. The maximum absolute atomic E-state index is 12.0. The van der Waals surface area contributed by atoms with Crippen LogP contribution in [0.2, 0.25) is 0 Å². The zero-order valence-electron chi connectivity index (χ0n) is 10.6. The van der Waals surface area contributed by atoms with Crippen molar-refractivity contribution in [3.05, 3.63) is 17.8 Å². The summed E-state index contributed by atoms with van der Waals surface area (Å²) in [6.07, 6.45) is 2.99. The van der Waals surface area contributed by atoms with Crippen molar-refractivity contribution in [2.24, 2.45) is 5.41 Å². The Morgan fingerprint density at radius 2 is 2.22 bits per heavy atom. The molecule has 0 bridgehead atoms. The molecule has 0 saturated carbocycles. The van der Waals surface area contributed by atoms with Crippen LogP contribution in [0.25, 0.3) is 0 Å². The van der Waals surface area contributed by atoms with Gasteiger partial charge in [-0.05, 0) is 38.3 Å². The van der Waals surface area contributed by atoms with Crippen LogP contribution in [0.4, 0.5) is 5.82 Å². The highest BCUT2D eigenvalue weighted by atomic mass is 16.2. The molecule has 2 saturated heterocycles. The van der Waals surface area contributed by atoms with Gasteiger partial charge in [-0.3, -0.25) is 4.79 Å². The first-order valence-corrected chi connectivity index (χ1v) is 6.53. The molecule has 5 heteroatoms. The molecular formula is C13H18N4O. The quantitative estimate of drug-likeness (QED) is 0.799. The van der Waals surface area contributed by atoms with Crippen molar-refractivity contribution < 1.29 is 4.79 Å². The molecule has 1 spiro atoms. The second kappa shape index (κ2) is 4.23. The molecule has 0 unspecified atom stereocenters. The summed E-state index contributed by atoms with van der Waals surface area (Å²) < 4.78 is 0. The van der Waals surface area contributed by atoms with E-state index in [1.807, 2.05) is 19.1 Å². The summed E-state index contributed by atoms with van der Waals surface area (Å²) in [4.78, 5) is 14.2. The first-order chi connectivity index (χ1) is 8.70. The van der Waals surface area contributed by atoms with Gasteiger partial charge in [0.25, 0.3) is 0 Å². The Bertz CT molecular complexity index is 459. The molecule has 5 nitrogen and oxygen atoms in total. The van der Waals surface area contributed by atoms with E-state index in [0.29, 0.717) is 0 Å². The summed E-state index contributed by atoms with van der Waals surface area (Å²) in [5.74, 6) is 1.10. The van der Waals surface area contributed by atoms with Crippen molar-refractivity contribution in [2.75, 3.05) is 24.5 Å². The molecule has 3 heterocycles. The maximum atomic E-state index is 12.0. The molecule has 2 aliphatic heterocycles. The van der Waals surface area contributed by atoms with E-state index in [2.05, 4.69) is 20.4 Å². The van der Waals surface area contributed by atoms with Gasteiger partial charge in [0, 0.05) is 19.6 Å². The maximum Gasteiger partial charge on any atom is 0.228 e. The van der Waals surface area contributed by atoms with Gasteiger partial charge in [-0.25, -0.2) is 0 Å². The monoisotopic (exact) mass is 246 g/mol. The predicted molar refractivity (Wildman–Crippen MR) is 68.3 cm³/mol. The number of carbonyl (C=O) groups is 1. The number of anilines is 1. The summed E-state index contributed by atoms with van der Waals surface area (Å²) >= 11 is 0. The van der Waals surface area contributed by atoms with Gasteiger partial charge in [0.15, 0.2) is 5.82 Å². The molecule has 0 aliphatic carbocycles. The standard InChI is InChI=1S/C13H18N4O/c1-10-3-4-11(16-15-10)17-8-2-5-13(9-17)6-7-14-12(13)18/h3-4H,2,5-9H2,1H3,(H,14,18)/t13-/m1/s1. The molecule has 1 amide bonds. The molecule has 1 N–H and O–H groups in total. The van der Waals surface area contributed by atoms with Crippen LogP contribution in [0.3, 0.4) is 0 Å². The van der Waals surface area contributed by atoms with E-state index in [1.54, 1.807) is 0 Å². The molecule has 2 aliphatic rings. The number of amides is 1. The minimum atomic E-state index is -0.190. The Balaban J connectivity index is 1.82. The van der Waals surface area contributed by atoms with Crippen molar-refractivity contribution in [1.29, 1.82) is 0 Å². The first kappa shape index (κ1) is 11.4. The van der Waals surface area contributed by atoms with Crippen molar-refractivity contribution in [2.45, 2.75) is 26.2 Å². The Kier molecular flexibility index (Phi) is 2.69. The van der Waals surface area contributed by atoms with Crippen LogP contribution < -0.4 is 10.2 Å². The van der Waals surface area contributed by atoms with Gasteiger partial charge >= 0.3 is 0 Å². The normalized spacial score (nSPS) is 27.6. The van der Waals surface area contributed by atoms with Crippen molar-refractivity contribution in [3.8, 4) is 0 Å². The van der Waals surface area contributed by atoms with E-state index in [4.69, 9.17) is 0 Å². The van der Waals surface area contributed by atoms with Gasteiger partial charge in [-0.1, -0.05) is 0 Å². The van der Waals surface area contributed by atoms with Crippen molar-refractivity contribution >= 4 is 11.7 Å². The summed E-state index contributed by atoms with van der Waals surface area (Å²) in [5, 5.41) is 11.3. The zero-order valence-corrected chi connectivity index (χ0v) is 10.6. The Hall–Kier alpha value is -1.65. The van der Waals surface area contributed by atoms with Crippen molar-refractivity contribution in [3.63, 3.8) is 0 Å². The number of aromatic nitrogens is 2. The Morgan fingerprint density at radius 3 is 2.89 bits per heavy atom. The van der Waals surface area contributed by atoms with E-state index >= 15 is 0 Å². The first-order valence-electron chi connectivity index (χ1n) is 6.53. The predicted octanol–water partition coefficient (Wildman–Crippen LogP) is 0.892. The fourth-order valence-corrected chi connectivity index (χ4v) is 2.99. The fourth-order valence-electron chi connectivity index (χ4n) is 2.99. The molecule has 96 valence electrons. The van der Waals surface area contributed by atoms with Crippen molar-refractivity contribution in [1.82, 2.24) is 15.5 Å². The Labute approximate surface area is 107 Å². The highest BCUT2D eigenvalue weighted by Crippen LogP contribution is 2.37. The number of piperidine rings is 1. The fraction of sp³-hybridized carbons (Fsp3) is 0.615. The number of hydrogen-bond donors (Lipinski definition) is 1. The molecule has 0 aromatic carbocycles. The molecular weight excluding hydrogens is 228 g/mol. The highest BCUT2D eigenvalue weighted by Gasteiger charge is 2.45. The number of nitrogens with zero attached hydrogens (tertiary/aromatic N) is 3. The van der Waals surface area contributed by atoms with Crippen LogP contribution in [0.15, 0.2) is 12.1 Å². The molecule has 18 heavy (non-hydrogen) atoms. The smallest absolute Gasteiger partial charge is 0.228 e. The molecule has 2 fully saturated rings. The minimum Gasteiger partial charge on any atom is -0.356 e. The lowest BCUT2D eigenvalue weighted by Gasteiger charge is -2.38. The number of aryl methyl sites for hydroxylation is 1. The summed E-state index contributed by atoms with van der Waals surface area (Å²) in [6, 6.07) is 3.96. The molecule has 1 aromatic rings. The third kappa shape index (κ3) is 1.83. The lowest BCUT2D eigenvalue weighted by molar-refractivity contribution is -0.128. The largest absolute Gasteiger partial charge is 0.356 e. The molecule has 1 atom stereocenters. The van der Waals surface area contributed by atoms with E-state index in [1.165, 1.54) is 0 Å². The van der Waals surface area contributed by atoms with E-state index in [-0.39, 0.29) is 11.3 Å². The van der Waals surface area contributed by atoms with E-state index < -0.39 is 0 Å². The van der Waals surface area contributed by atoms with Crippen LogP contribution in [-0.2, 0) is 4.79 Å². The average molecular weight is 246 g/mol. The average Bonchev–Trinajstić information content (AvgIpc) is 2.72. The van der Waals surface area contributed by atoms with Gasteiger partial charge < -0.3 is 10.2 Å². The van der Waals surface area contributed by atoms with Crippen LogP contribution in [-0.4, -0.2) is 35.7 Å². The number of carbonyl (C=O) groups excluding carboxylic acids is 1. The lowest BCUT2D eigenvalue weighted by Crippen LogP contribution is -2.47. The zero-order chi connectivity index (χ0) is 12.6. The van der Waals surface area contributed by atoms with Crippen LogP contribution in [0, 0.1) is 12.3 Å². The number of rotatable bonds is 1. The number of nitrogens with one attached hydrogen (secondary N) is 1. The topological polar surface area (TPSA) is 58.1 Å². The van der Waals surface area contributed by atoms with Gasteiger partial charge in [0.05, 0.1) is 11.1 Å². The van der Waals surface area contributed by atoms with Crippen LogP contribution >= 0.6 is 0 Å².